The van der Waals surface area contributed by atoms with Crippen LogP contribution in [-0.4, -0.2) is 9.13 Å². The van der Waals surface area contributed by atoms with Gasteiger partial charge in [0.25, 0.3) is 0 Å². The Bertz CT molecular complexity index is 3180. The first-order valence-corrected chi connectivity index (χ1v) is 18.2. The van der Waals surface area contributed by atoms with Gasteiger partial charge in [0.2, 0.25) is 0 Å². The highest BCUT2D eigenvalue weighted by Crippen LogP contribution is 2.43. The lowest BCUT2D eigenvalue weighted by molar-refractivity contribution is 1.17. The van der Waals surface area contributed by atoms with E-state index in [1.54, 1.807) is 0 Å². The normalized spacial score (nSPS) is 11.8. The molecule has 0 aliphatic rings. The Hall–Kier alpha value is -7.10. The van der Waals surface area contributed by atoms with E-state index in [0.29, 0.717) is 0 Å². The average Bonchev–Trinajstić information content (AvgIpc) is 3.72. The standard InChI is InChI=1S/C50H33N3/c1-2-18-37(19-3-1)52-47-25-10-8-23-42(47)44-33-50-45(32-49(44)52)43-24-9-11-26-48(43)53(50)39-21-13-20-38(31-39)51(40-29-28-34-14-4-5-16-36(34)30-40)46-27-12-17-35-15-6-7-22-41(35)46/h1-33H. The van der Waals surface area contributed by atoms with Gasteiger partial charge in [-0.05, 0) is 89.0 Å². The zero-order chi connectivity index (χ0) is 34.9. The first-order chi connectivity index (χ1) is 26.3. The van der Waals surface area contributed by atoms with Crippen molar-refractivity contribution in [2.75, 3.05) is 4.90 Å². The number of nitrogens with zero attached hydrogens (tertiary/aromatic N) is 3. The van der Waals surface area contributed by atoms with Crippen molar-refractivity contribution in [3.8, 4) is 11.4 Å². The number of hydrogen-bond acceptors (Lipinski definition) is 1. The molecule has 3 nitrogen and oxygen atoms in total. The number of fused-ring (bicyclic) bond motifs is 8. The van der Waals surface area contributed by atoms with E-state index in [1.807, 2.05) is 0 Å². The molecule has 0 saturated heterocycles. The molecule has 0 bridgehead atoms. The van der Waals surface area contributed by atoms with E-state index in [-0.39, 0.29) is 0 Å². The monoisotopic (exact) mass is 675 g/mol. The van der Waals surface area contributed by atoms with Crippen LogP contribution >= 0.6 is 0 Å². The van der Waals surface area contributed by atoms with Gasteiger partial charge in [0.15, 0.2) is 0 Å². The molecule has 53 heavy (non-hydrogen) atoms. The van der Waals surface area contributed by atoms with Gasteiger partial charge in [0.1, 0.15) is 0 Å². The van der Waals surface area contributed by atoms with Crippen LogP contribution in [0.2, 0.25) is 0 Å². The third-order valence-corrected chi connectivity index (χ3v) is 10.8. The molecular formula is C50H33N3. The Kier molecular flexibility index (Phi) is 6.55. The second-order valence-corrected chi connectivity index (χ2v) is 13.8. The van der Waals surface area contributed by atoms with Crippen molar-refractivity contribution in [2.45, 2.75) is 0 Å². The van der Waals surface area contributed by atoms with Crippen LogP contribution in [0.1, 0.15) is 0 Å². The quantitative estimate of drug-likeness (QED) is 0.177. The summed E-state index contributed by atoms with van der Waals surface area (Å²) in [7, 11) is 0. The van der Waals surface area contributed by atoms with E-state index in [4.69, 9.17) is 0 Å². The number of hydrogen-bond donors (Lipinski definition) is 0. The van der Waals surface area contributed by atoms with Crippen LogP contribution < -0.4 is 4.90 Å². The molecule has 0 fully saturated rings. The molecular weight excluding hydrogens is 643 g/mol. The predicted octanol–water partition coefficient (Wildman–Crippen LogP) is 13.7. The second kappa shape index (κ2) is 11.7. The highest BCUT2D eigenvalue weighted by Gasteiger charge is 2.20. The van der Waals surface area contributed by atoms with Crippen molar-refractivity contribution in [1.29, 1.82) is 0 Å². The summed E-state index contributed by atoms with van der Waals surface area (Å²) in [5.74, 6) is 0. The largest absolute Gasteiger partial charge is 0.310 e. The maximum Gasteiger partial charge on any atom is 0.0548 e. The summed E-state index contributed by atoms with van der Waals surface area (Å²) in [6, 6.07) is 72.8. The highest BCUT2D eigenvalue weighted by molar-refractivity contribution is 6.19. The van der Waals surface area contributed by atoms with E-state index in [9.17, 15) is 0 Å². The lowest BCUT2D eigenvalue weighted by Gasteiger charge is -2.28. The van der Waals surface area contributed by atoms with E-state index in [2.05, 4.69) is 214 Å². The summed E-state index contributed by atoms with van der Waals surface area (Å²) < 4.78 is 4.85. The van der Waals surface area contributed by atoms with Gasteiger partial charge in [0.05, 0.1) is 27.8 Å². The van der Waals surface area contributed by atoms with Crippen LogP contribution in [0.3, 0.4) is 0 Å². The topological polar surface area (TPSA) is 13.1 Å². The fourth-order valence-electron chi connectivity index (χ4n) is 8.48. The average molecular weight is 676 g/mol. The fraction of sp³-hybridized carbons (Fsp3) is 0. The van der Waals surface area contributed by atoms with Crippen LogP contribution in [0.4, 0.5) is 17.1 Å². The van der Waals surface area contributed by atoms with Crippen LogP contribution in [0.25, 0.3) is 76.5 Å². The van der Waals surface area contributed by atoms with Gasteiger partial charge in [-0.1, -0.05) is 127 Å². The van der Waals surface area contributed by atoms with Gasteiger partial charge >= 0.3 is 0 Å². The number of anilines is 3. The second-order valence-electron chi connectivity index (χ2n) is 13.8. The van der Waals surface area contributed by atoms with Gasteiger partial charge in [0, 0.05) is 49.7 Å². The zero-order valence-corrected chi connectivity index (χ0v) is 28.9. The van der Waals surface area contributed by atoms with Crippen molar-refractivity contribution in [3.63, 3.8) is 0 Å². The van der Waals surface area contributed by atoms with Gasteiger partial charge in [-0.3, -0.25) is 0 Å². The lowest BCUT2D eigenvalue weighted by Crippen LogP contribution is -2.11. The molecule has 2 heterocycles. The maximum atomic E-state index is 2.45. The number of para-hydroxylation sites is 3. The summed E-state index contributed by atoms with van der Waals surface area (Å²) in [6.45, 7) is 0. The van der Waals surface area contributed by atoms with Crippen molar-refractivity contribution in [3.05, 3.63) is 200 Å². The molecule has 11 aromatic rings. The summed E-state index contributed by atoms with van der Waals surface area (Å²) in [4.78, 5) is 2.41. The third kappa shape index (κ3) is 4.61. The molecule has 0 radical (unpaired) electrons. The predicted molar refractivity (Wildman–Crippen MR) is 225 cm³/mol. The third-order valence-electron chi connectivity index (χ3n) is 10.8. The van der Waals surface area contributed by atoms with E-state index >= 15 is 0 Å². The van der Waals surface area contributed by atoms with Crippen LogP contribution in [0.5, 0.6) is 0 Å². The zero-order valence-electron chi connectivity index (χ0n) is 28.9. The molecule has 0 aliphatic heterocycles. The molecule has 0 amide bonds. The van der Waals surface area contributed by atoms with Gasteiger partial charge in [-0.15, -0.1) is 0 Å². The number of aromatic nitrogens is 2. The molecule has 0 atom stereocenters. The summed E-state index contributed by atoms with van der Waals surface area (Å²) in [5.41, 5.74) is 10.4. The molecule has 2 aromatic heterocycles. The molecule has 9 aromatic carbocycles. The Morgan fingerprint density at radius 2 is 0.811 bits per heavy atom. The van der Waals surface area contributed by atoms with E-state index in [0.717, 1.165) is 28.4 Å². The molecule has 3 heteroatoms. The number of rotatable bonds is 5. The molecule has 0 aliphatic carbocycles. The van der Waals surface area contributed by atoms with Gasteiger partial charge in [-0.2, -0.15) is 0 Å². The molecule has 0 saturated carbocycles. The maximum absolute atomic E-state index is 2.45. The van der Waals surface area contributed by atoms with Crippen molar-refractivity contribution in [2.24, 2.45) is 0 Å². The SMILES string of the molecule is c1ccc(-n2c3ccccc3c3cc4c(cc32)c2ccccc2n4-c2cccc(N(c3ccc4ccccc4c3)c3cccc4ccccc34)c2)cc1. The van der Waals surface area contributed by atoms with Gasteiger partial charge in [-0.25, -0.2) is 0 Å². The highest BCUT2D eigenvalue weighted by atomic mass is 15.1. The molecule has 11 rings (SSSR count). The Morgan fingerprint density at radius 3 is 1.55 bits per heavy atom. The summed E-state index contributed by atoms with van der Waals surface area (Å²) >= 11 is 0. The fourth-order valence-corrected chi connectivity index (χ4v) is 8.48. The lowest BCUT2D eigenvalue weighted by atomic mass is 10.0. The summed E-state index contributed by atoms with van der Waals surface area (Å²) in [5, 5.41) is 9.83. The Morgan fingerprint density at radius 1 is 0.283 bits per heavy atom. The minimum atomic E-state index is 1.10. The van der Waals surface area contributed by atoms with Crippen molar-refractivity contribution in [1.82, 2.24) is 9.13 Å². The van der Waals surface area contributed by atoms with Crippen molar-refractivity contribution >= 4 is 82.2 Å². The van der Waals surface area contributed by atoms with Gasteiger partial charge < -0.3 is 14.0 Å². The molecule has 0 spiro atoms. The van der Waals surface area contributed by atoms with E-state index < -0.39 is 0 Å². The summed E-state index contributed by atoms with van der Waals surface area (Å²) in [6.07, 6.45) is 0. The first-order valence-electron chi connectivity index (χ1n) is 18.2. The van der Waals surface area contributed by atoms with Crippen LogP contribution in [-0.2, 0) is 0 Å². The minimum Gasteiger partial charge on any atom is -0.310 e. The smallest absolute Gasteiger partial charge is 0.0548 e. The van der Waals surface area contributed by atoms with E-state index in [1.165, 1.54) is 65.2 Å². The molecule has 0 N–H and O–H groups in total. The Balaban J connectivity index is 1.18. The Labute approximate surface area is 306 Å². The van der Waals surface area contributed by atoms with Crippen LogP contribution in [0, 0.1) is 0 Å². The van der Waals surface area contributed by atoms with Crippen molar-refractivity contribution < 1.29 is 0 Å². The minimum absolute atomic E-state index is 1.10. The molecule has 248 valence electrons. The first kappa shape index (κ1) is 29.6. The molecule has 0 unspecified atom stereocenters. The number of benzene rings is 9. The van der Waals surface area contributed by atoms with Crippen LogP contribution in [0.15, 0.2) is 200 Å².